The Balaban J connectivity index is 1.24. The van der Waals surface area contributed by atoms with E-state index in [1.54, 1.807) is 6.07 Å². The maximum atomic E-state index is 14.4. The van der Waals surface area contributed by atoms with Crippen LogP contribution in [0.4, 0.5) is 4.39 Å². The monoisotopic (exact) mass is 644 g/mol. The van der Waals surface area contributed by atoms with Crippen LogP contribution < -0.4 is 0 Å². The van der Waals surface area contributed by atoms with Crippen molar-refractivity contribution in [3.05, 3.63) is 88.5 Å². The lowest BCUT2D eigenvalue weighted by Gasteiger charge is -2.35. The van der Waals surface area contributed by atoms with Crippen molar-refractivity contribution in [2.45, 2.75) is 116 Å². The van der Waals surface area contributed by atoms with E-state index in [1.807, 2.05) is 13.1 Å². The molecule has 256 valence electrons. The molecule has 1 aromatic heterocycles. The summed E-state index contributed by atoms with van der Waals surface area (Å²) >= 11 is 0. The van der Waals surface area contributed by atoms with Gasteiger partial charge in [0.2, 0.25) is 0 Å². The van der Waals surface area contributed by atoms with Crippen LogP contribution in [0.2, 0.25) is 0 Å². The molecule has 0 bridgehead atoms. The first-order valence-corrected chi connectivity index (χ1v) is 17.9. The summed E-state index contributed by atoms with van der Waals surface area (Å²) in [5.41, 5.74) is 6.35. The first-order chi connectivity index (χ1) is 22.3. The van der Waals surface area contributed by atoms with Gasteiger partial charge in [-0.3, -0.25) is 14.4 Å². The number of aryl methyl sites for hydroxylation is 1. The van der Waals surface area contributed by atoms with Gasteiger partial charge in [-0.15, -0.1) is 0 Å². The molecule has 1 saturated carbocycles. The smallest absolute Gasteiger partial charge is 0.320 e. The van der Waals surface area contributed by atoms with Gasteiger partial charge in [-0.25, -0.2) is 4.39 Å². The molecule has 47 heavy (non-hydrogen) atoms. The van der Waals surface area contributed by atoms with Crippen molar-refractivity contribution in [2.75, 3.05) is 26.7 Å². The molecular weight excluding hydrogens is 587 g/mol. The number of carboxylic acid groups (broad SMARTS) is 1. The third kappa shape index (κ3) is 8.72. The second kappa shape index (κ2) is 15.0. The normalized spacial score (nSPS) is 22.0. The minimum absolute atomic E-state index is 0.150. The van der Waals surface area contributed by atoms with Gasteiger partial charge in [0, 0.05) is 37.2 Å². The van der Waals surface area contributed by atoms with Crippen LogP contribution in [0.1, 0.15) is 114 Å². The van der Waals surface area contributed by atoms with E-state index >= 15 is 0 Å². The molecule has 1 N–H and O–H groups in total. The van der Waals surface area contributed by atoms with Gasteiger partial charge in [0.05, 0.1) is 5.69 Å². The number of rotatable bonds is 12. The highest BCUT2D eigenvalue weighted by Gasteiger charge is 2.41. The number of nitrogens with zero attached hydrogens (tertiary/aromatic N) is 4. The SMILES string of the molecule is CCn1nc(Cc2ccc(C(C)(C)C)cc2)cc1C1CCN(CC2CC(N(C)[C@H](CC(C)C)C(=O)O)CC2c2cccc(F)c2)CC1. The van der Waals surface area contributed by atoms with Gasteiger partial charge in [-0.2, -0.15) is 5.10 Å². The zero-order valence-corrected chi connectivity index (χ0v) is 29.8. The predicted molar refractivity (Wildman–Crippen MR) is 189 cm³/mol. The highest BCUT2D eigenvalue weighted by Crippen LogP contribution is 2.43. The summed E-state index contributed by atoms with van der Waals surface area (Å²) in [5.74, 6) is 0.413. The van der Waals surface area contributed by atoms with Crippen LogP contribution in [0.15, 0.2) is 54.6 Å². The van der Waals surface area contributed by atoms with E-state index in [0.717, 1.165) is 69.5 Å². The topological polar surface area (TPSA) is 61.6 Å². The number of hydrogen-bond acceptors (Lipinski definition) is 4. The van der Waals surface area contributed by atoms with Gasteiger partial charge in [-0.1, -0.05) is 71.0 Å². The number of halogens is 1. The first kappa shape index (κ1) is 35.3. The van der Waals surface area contributed by atoms with Crippen LogP contribution in [0.5, 0.6) is 0 Å². The van der Waals surface area contributed by atoms with Gasteiger partial charge in [0.15, 0.2) is 0 Å². The summed E-state index contributed by atoms with van der Waals surface area (Å²) in [5, 5.41) is 15.1. The maximum absolute atomic E-state index is 14.4. The maximum Gasteiger partial charge on any atom is 0.320 e. The van der Waals surface area contributed by atoms with Crippen molar-refractivity contribution < 1.29 is 14.3 Å². The van der Waals surface area contributed by atoms with E-state index in [0.29, 0.717) is 24.2 Å². The minimum Gasteiger partial charge on any atom is -0.480 e. The molecule has 2 aromatic carbocycles. The number of benzene rings is 2. The van der Waals surface area contributed by atoms with Crippen LogP contribution in [0.25, 0.3) is 0 Å². The Morgan fingerprint density at radius 1 is 1.06 bits per heavy atom. The van der Waals surface area contributed by atoms with Crippen molar-refractivity contribution in [1.29, 1.82) is 0 Å². The van der Waals surface area contributed by atoms with Crippen molar-refractivity contribution in [3.8, 4) is 0 Å². The molecule has 0 radical (unpaired) electrons. The Kier molecular flexibility index (Phi) is 11.3. The highest BCUT2D eigenvalue weighted by atomic mass is 19.1. The van der Waals surface area contributed by atoms with Gasteiger partial charge in [0.25, 0.3) is 0 Å². The Bertz CT molecular complexity index is 1470. The van der Waals surface area contributed by atoms with Crippen LogP contribution in [-0.2, 0) is 23.2 Å². The molecule has 0 spiro atoms. The Morgan fingerprint density at radius 3 is 2.36 bits per heavy atom. The molecule has 1 aliphatic carbocycles. The number of piperidine rings is 1. The third-order valence-corrected chi connectivity index (χ3v) is 10.9. The van der Waals surface area contributed by atoms with Gasteiger partial charge < -0.3 is 10.0 Å². The number of carboxylic acids is 1. The lowest BCUT2D eigenvalue weighted by Crippen LogP contribution is -2.45. The van der Waals surface area contributed by atoms with E-state index in [1.165, 1.54) is 22.9 Å². The average Bonchev–Trinajstić information content (AvgIpc) is 3.64. The fraction of sp³-hybridized carbons (Fsp3) is 0.600. The van der Waals surface area contributed by atoms with Gasteiger partial charge >= 0.3 is 5.97 Å². The zero-order valence-electron chi connectivity index (χ0n) is 29.8. The molecule has 7 heteroatoms. The molecule has 6 nitrogen and oxygen atoms in total. The second-order valence-corrected chi connectivity index (χ2v) is 15.8. The van der Waals surface area contributed by atoms with Gasteiger partial charge in [-0.05, 0) is 117 Å². The number of hydrogen-bond donors (Lipinski definition) is 1. The molecule has 1 aliphatic heterocycles. The second-order valence-electron chi connectivity index (χ2n) is 15.8. The number of aliphatic carboxylic acids is 1. The van der Waals surface area contributed by atoms with Crippen molar-refractivity contribution in [2.24, 2.45) is 11.8 Å². The van der Waals surface area contributed by atoms with E-state index in [4.69, 9.17) is 5.10 Å². The van der Waals surface area contributed by atoms with Crippen LogP contribution in [0.3, 0.4) is 0 Å². The van der Waals surface area contributed by atoms with E-state index in [2.05, 4.69) is 92.4 Å². The highest BCUT2D eigenvalue weighted by molar-refractivity contribution is 5.73. The largest absolute Gasteiger partial charge is 0.480 e. The molecule has 2 fully saturated rings. The number of likely N-dealkylation sites (tertiary alicyclic amines) is 1. The van der Waals surface area contributed by atoms with E-state index in [9.17, 15) is 14.3 Å². The standard InChI is InChI=1S/C40H57FN4O2/c1-8-45-37(24-34(42-45)21-28-12-14-32(15-13-28)40(4,5)6)29-16-18-44(19-17-29)26-31-23-35(43(7)38(39(46)47)20-27(2)3)25-36(31)30-10-9-11-33(41)22-30/h9-15,22,24,27,29,31,35-36,38H,8,16-21,23,25-26H2,1-7H3,(H,46,47)/t31?,35?,36?,38-/m1/s1. The summed E-state index contributed by atoms with van der Waals surface area (Å²) < 4.78 is 16.6. The van der Waals surface area contributed by atoms with Gasteiger partial charge in [0.1, 0.15) is 11.9 Å². The third-order valence-electron chi connectivity index (χ3n) is 10.9. The summed E-state index contributed by atoms with van der Waals surface area (Å²) in [4.78, 5) is 17.0. The van der Waals surface area contributed by atoms with Crippen LogP contribution in [-0.4, -0.2) is 69.4 Å². The van der Waals surface area contributed by atoms with Crippen molar-refractivity contribution in [1.82, 2.24) is 19.6 Å². The summed E-state index contributed by atoms with van der Waals surface area (Å²) in [7, 11) is 1.98. The molecule has 2 aliphatic rings. The zero-order chi connectivity index (χ0) is 33.9. The van der Waals surface area contributed by atoms with E-state index in [-0.39, 0.29) is 23.2 Å². The predicted octanol–water partition coefficient (Wildman–Crippen LogP) is 8.10. The number of likely N-dealkylation sites (N-methyl/N-ethyl adjacent to an activating group) is 1. The molecule has 3 unspecified atom stereocenters. The Labute approximate surface area is 282 Å². The quantitative estimate of drug-likeness (QED) is 0.216. The molecule has 1 saturated heterocycles. The summed E-state index contributed by atoms with van der Waals surface area (Å²) in [6, 6.07) is 18.1. The molecule has 4 atom stereocenters. The minimum atomic E-state index is -0.748. The lowest BCUT2D eigenvalue weighted by atomic mass is 9.86. The summed E-state index contributed by atoms with van der Waals surface area (Å²) in [6.07, 6.45) is 5.47. The molecule has 2 heterocycles. The fourth-order valence-corrected chi connectivity index (χ4v) is 8.15. The first-order valence-electron chi connectivity index (χ1n) is 17.9. The molecule has 3 aromatic rings. The van der Waals surface area contributed by atoms with Crippen LogP contribution >= 0.6 is 0 Å². The average molecular weight is 645 g/mol. The van der Waals surface area contributed by atoms with E-state index < -0.39 is 12.0 Å². The summed E-state index contributed by atoms with van der Waals surface area (Å²) in [6.45, 7) is 17.0. The molecule has 5 rings (SSSR count). The number of carbonyl (C=O) groups is 1. The molecule has 0 amide bonds. The Hall–Kier alpha value is -3.03. The lowest BCUT2D eigenvalue weighted by molar-refractivity contribution is -0.144. The molecular formula is C40H57FN4O2. The van der Waals surface area contributed by atoms with Crippen molar-refractivity contribution in [3.63, 3.8) is 0 Å². The van der Waals surface area contributed by atoms with Crippen molar-refractivity contribution >= 4 is 5.97 Å². The number of aromatic nitrogens is 2. The van der Waals surface area contributed by atoms with Crippen LogP contribution in [0, 0.1) is 17.7 Å². The fourth-order valence-electron chi connectivity index (χ4n) is 8.15. The Morgan fingerprint density at radius 2 is 1.77 bits per heavy atom.